The van der Waals surface area contributed by atoms with Crippen LogP contribution in [0.5, 0.6) is 0 Å². The van der Waals surface area contributed by atoms with E-state index in [2.05, 4.69) is 31.9 Å². The van der Waals surface area contributed by atoms with Crippen LogP contribution in [-0.2, 0) is 4.79 Å². The largest absolute Gasteiger partial charge is 0.314 e. The molecule has 4 heteroatoms. The predicted octanol–water partition coefficient (Wildman–Crippen LogP) is 4.55. The van der Waals surface area contributed by atoms with E-state index in [-0.39, 0.29) is 15.6 Å². The first kappa shape index (κ1) is 15.3. The van der Waals surface area contributed by atoms with Crippen molar-refractivity contribution < 1.29 is 4.79 Å². The average molecular weight is 397 g/mol. The summed E-state index contributed by atoms with van der Waals surface area (Å²) in [5.41, 5.74) is 1.96. The zero-order valence-corrected chi connectivity index (χ0v) is 14.2. The topological polar surface area (TPSA) is 20.3 Å². The van der Waals surface area contributed by atoms with E-state index >= 15 is 0 Å². The van der Waals surface area contributed by atoms with Gasteiger partial charge in [0.05, 0.1) is 4.83 Å². The second kappa shape index (κ2) is 7.04. The summed E-state index contributed by atoms with van der Waals surface area (Å²) in [5.74, 6) is 0.0157. The molecule has 2 rings (SSSR count). The number of hydrogen-bond acceptors (Lipinski definition) is 1. The Labute approximate surface area is 136 Å². The Morgan fingerprint density at radius 2 is 1.45 bits per heavy atom. The van der Waals surface area contributed by atoms with E-state index in [1.807, 2.05) is 60.7 Å². The van der Waals surface area contributed by atoms with Gasteiger partial charge in [-0.1, -0.05) is 80.4 Å². The lowest BCUT2D eigenvalue weighted by Crippen LogP contribution is -2.35. The molecular weight excluding hydrogens is 382 g/mol. The van der Waals surface area contributed by atoms with Crippen LogP contribution < -0.4 is 4.90 Å². The van der Waals surface area contributed by atoms with Crippen LogP contribution in [0.3, 0.4) is 0 Å². The lowest BCUT2D eigenvalue weighted by molar-refractivity contribution is -0.117. The molecule has 0 N–H and O–H groups in total. The minimum Gasteiger partial charge on any atom is -0.314 e. The van der Waals surface area contributed by atoms with Gasteiger partial charge in [0, 0.05) is 12.7 Å². The fraction of sp³-hybridized carbons (Fsp3) is 0.188. The van der Waals surface area contributed by atoms with Crippen LogP contribution in [0.25, 0.3) is 0 Å². The Balaban J connectivity index is 2.13. The maximum atomic E-state index is 12.5. The summed E-state index contributed by atoms with van der Waals surface area (Å²) in [6, 6.07) is 19.5. The molecule has 2 aromatic carbocycles. The van der Waals surface area contributed by atoms with Crippen molar-refractivity contribution >= 4 is 43.5 Å². The summed E-state index contributed by atoms with van der Waals surface area (Å²) < 4.78 is 0. The lowest BCUT2D eigenvalue weighted by Gasteiger charge is -2.23. The number of carbonyl (C=O) groups excluding carboxylic acids is 1. The zero-order valence-electron chi connectivity index (χ0n) is 11.0. The van der Waals surface area contributed by atoms with Gasteiger partial charge in [0.1, 0.15) is 4.83 Å². The molecule has 0 fully saturated rings. The van der Waals surface area contributed by atoms with E-state index in [1.54, 1.807) is 11.9 Å². The first-order chi connectivity index (χ1) is 9.61. The number of para-hydroxylation sites is 1. The normalized spacial score (nSPS) is 13.6. The molecule has 2 atom stereocenters. The highest BCUT2D eigenvalue weighted by Crippen LogP contribution is 2.32. The molecule has 0 radical (unpaired) electrons. The first-order valence-electron chi connectivity index (χ1n) is 6.27. The highest BCUT2D eigenvalue weighted by Gasteiger charge is 2.27. The molecule has 20 heavy (non-hydrogen) atoms. The van der Waals surface area contributed by atoms with Crippen LogP contribution in [0.4, 0.5) is 5.69 Å². The van der Waals surface area contributed by atoms with Crippen LogP contribution in [0.2, 0.25) is 0 Å². The van der Waals surface area contributed by atoms with Crippen LogP contribution >= 0.6 is 31.9 Å². The molecule has 104 valence electrons. The van der Waals surface area contributed by atoms with Gasteiger partial charge in [0.25, 0.3) is 0 Å². The quantitative estimate of drug-likeness (QED) is 0.694. The van der Waals surface area contributed by atoms with Crippen molar-refractivity contribution in [3.05, 3.63) is 66.2 Å². The van der Waals surface area contributed by atoms with Gasteiger partial charge >= 0.3 is 0 Å². The minimum atomic E-state index is -0.324. The van der Waals surface area contributed by atoms with Gasteiger partial charge in [-0.15, -0.1) is 0 Å². The number of benzene rings is 2. The lowest BCUT2D eigenvalue weighted by atomic mass is 10.1. The predicted molar refractivity (Wildman–Crippen MR) is 90.7 cm³/mol. The van der Waals surface area contributed by atoms with Crippen molar-refractivity contribution in [3.8, 4) is 0 Å². The summed E-state index contributed by atoms with van der Waals surface area (Å²) in [6.45, 7) is 0. The van der Waals surface area contributed by atoms with E-state index < -0.39 is 0 Å². The molecule has 0 saturated heterocycles. The fourth-order valence-corrected chi connectivity index (χ4v) is 3.04. The third-order valence-electron chi connectivity index (χ3n) is 3.08. The third kappa shape index (κ3) is 3.49. The smallest absolute Gasteiger partial charge is 0.242 e. The maximum Gasteiger partial charge on any atom is 0.242 e. The Bertz CT molecular complexity index is 559. The number of halogens is 2. The first-order valence-corrected chi connectivity index (χ1v) is 8.10. The van der Waals surface area contributed by atoms with Crippen molar-refractivity contribution in [2.45, 2.75) is 9.65 Å². The maximum absolute atomic E-state index is 12.5. The van der Waals surface area contributed by atoms with Crippen LogP contribution in [0.1, 0.15) is 10.4 Å². The van der Waals surface area contributed by atoms with Crippen LogP contribution in [-0.4, -0.2) is 17.8 Å². The Morgan fingerprint density at radius 3 is 2.00 bits per heavy atom. The molecule has 2 aromatic rings. The second-order valence-electron chi connectivity index (χ2n) is 4.45. The van der Waals surface area contributed by atoms with Gasteiger partial charge in [0.15, 0.2) is 0 Å². The van der Waals surface area contributed by atoms with Gasteiger partial charge in [-0.05, 0) is 17.7 Å². The number of nitrogens with zero attached hydrogens (tertiary/aromatic N) is 1. The Morgan fingerprint density at radius 1 is 0.950 bits per heavy atom. The van der Waals surface area contributed by atoms with Crippen molar-refractivity contribution in [2.75, 3.05) is 11.9 Å². The number of rotatable bonds is 4. The van der Waals surface area contributed by atoms with E-state index in [1.165, 1.54) is 0 Å². The number of amides is 1. The summed E-state index contributed by atoms with van der Waals surface area (Å²) in [4.78, 5) is 13.8. The Kier molecular flexibility index (Phi) is 5.38. The monoisotopic (exact) mass is 395 g/mol. The number of anilines is 1. The Hall–Kier alpha value is -1.13. The van der Waals surface area contributed by atoms with Gasteiger partial charge in [-0.3, -0.25) is 4.79 Å². The molecule has 0 saturated carbocycles. The summed E-state index contributed by atoms with van der Waals surface area (Å²) >= 11 is 7.10. The molecular formula is C16H15Br2NO. The molecule has 0 bridgehead atoms. The molecule has 0 aliphatic carbocycles. The molecule has 0 aliphatic rings. The summed E-state index contributed by atoms with van der Waals surface area (Å²) in [5, 5.41) is 0. The van der Waals surface area contributed by atoms with E-state index in [9.17, 15) is 4.79 Å². The number of hydrogen-bond donors (Lipinski definition) is 0. The van der Waals surface area contributed by atoms with Crippen LogP contribution in [0, 0.1) is 0 Å². The highest BCUT2D eigenvalue weighted by molar-refractivity contribution is 9.12. The van der Waals surface area contributed by atoms with Crippen molar-refractivity contribution in [1.29, 1.82) is 0 Å². The molecule has 0 aromatic heterocycles. The van der Waals surface area contributed by atoms with E-state index in [0.717, 1.165) is 11.3 Å². The fourth-order valence-electron chi connectivity index (χ4n) is 1.89. The molecule has 1 amide bonds. The van der Waals surface area contributed by atoms with Crippen molar-refractivity contribution in [2.24, 2.45) is 0 Å². The highest BCUT2D eigenvalue weighted by atomic mass is 79.9. The number of alkyl halides is 2. The third-order valence-corrected chi connectivity index (χ3v) is 5.77. The average Bonchev–Trinajstić information content (AvgIpc) is 2.53. The van der Waals surface area contributed by atoms with Gasteiger partial charge < -0.3 is 4.90 Å². The van der Waals surface area contributed by atoms with Crippen molar-refractivity contribution in [3.63, 3.8) is 0 Å². The zero-order chi connectivity index (χ0) is 14.5. The second-order valence-corrected chi connectivity index (χ2v) is 6.42. The molecule has 2 nitrogen and oxygen atoms in total. The standard InChI is InChI=1S/C16H15Br2NO/c1-19(13-10-6-3-7-11-13)16(20)15(18)14(17)12-8-4-2-5-9-12/h2-11,14-15H,1H3. The van der Waals surface area contributed by atoms with Gasteiger partial charge in [-0.2, -0.15) is 0 Å². The summed E-state index contributed by atoms with van der Waals surface area (Å²) in [6.07, 6.45) is 0. The van der Waals surface area contributed by atoms with Crippen LogP contribution in [0.15, 0.2) is 60.7 Å². The molecule has 2 unspecified atom stereocenters. The van der Waals surface area contributed by atoms with Crippen molar-refractivity contribution in [1.82, 2.24) is 0 Å². The number of carbonyl (C=O) groups is 1. The minimum absolute atomic E-state index is 0.0157. The molecule has 0 aliphatic heterocycles. The van der Waals surface area contributed by atoms with Gasteiger partial charge in [0.2, 0.25) is 5.91 Å². The van der Waals surface area contributed by atoms with Gasteiger partial charge in [-0.25, -0.2) is 0 Å². The summed E-state index contributed by atoms with van der Waals surface area (Å²) in [7, 11) is 1.79. The van der Waals surface area contributed by atoms with E-state index in [0.29, 0.717) is 0 Å². The molecule has 0 spiro atoms. The molecule has 0 heterocycles. The van der Waals surface area contributed by atoms with E-state index in [4.69, 9.17) is 0 Å². The SMILES string of the molecule is CN(C(=O)C(Br)C(Br)c1ccccc1)c1ccccc1.